The highest BCUT2D eigenvalue weighted by Crippen LogP contribution is 2.22. The minimum Gasteiger partial charge on any atom is -0.366 e. The van der Waals surface area contributed by atoms with Crippen molar-refractivity contribution in [1.82, 2.24) is 9.97 Å². The fraction of sp³-hybridized carbons (Fsp3) is 0.333. The molecule has 0 atom stereocenters. The summed E-state index contributed by atoms with van der Waals surface area (Å²) in [6.45, 7) is 6.89. The molecule has 0 saturated heterocycles. The van der Waals surface area contributed by atoms with Crippen LogP contribution in [0.5, 0.6) is 0 Å². The van der Waals surface area contributed by atoms with E-state index in [0.717, 1.165) is 16.1 Å². The summed E-state index contributed by atoms with van der Waals surface area (Å²) < 4.78 is 1.06. The lowest BCUT2D eigenvalue weighted by Crippen LogP contribution is -2.17. The van der Waals surface area contributed by atoms with E-state index in [2.05, 4.69) is 64.1 Å². The lowest BCUT2D eigenvalue weighted by atomic mass is 9.96. The molecule has 1 heterocycles. The fourth-order valence-electron chi connectivity index (χ4n) is 1.68. The predicted molar refractivity (Wildman–Crippen MR) is 87.2 cm³/mol. The number of nitrogens with one attached hydrogen (secondary N) is 1. The molecule has 106 valence electrons. The molecule has 2 aromatic rings. The molecule has 1 aromatic heterocycles. The summed E-state index contributed by atoms with van der Waals surface area (Å²) in [5.74, 6) is 1.48. The molecule has 2 rings (SSSR count). The molecule has 0 fully saturated rings. The number of benzene rings is 1. The second-order valence-electron chi connectivity index (χ2n) is 5.63. The van der Waals surface area contributed by atoms with Crippen LogP contribution in [-0.4, -0.2) is 9.97 Å². The number of halogens is 2. The van der Waals surface area contributed by atoms with Crippen molar-refractivity contribution in [2.24, 2.45) is 0 Å². The van der Waals surface area contributed by atoms with Crippen molar-refractivity contribution >= 4 is 33.3 Å². The zero-order valence-corrected chi connectivity index (χ0v) is 14.1. The largest absolute Gasteiger partial charge is 0.366 e. The normalized spacial score (nSPS) is 11.4. The Bertz CT molecular complexity index is 608. The first-order valence-electron chi connectivity index (χ1n) is 6.38. The molecular formula is C15H17BrClN3. The molecule has 0 bridgehead atoms. The Morgan fingerprint density at radius 2 is 1.95 bits per heavy atom. The van der Waals surface area contributed by atoms with Gasteiger partial charge in [-0.25, -0.2) is 9.97 Å². The Morgan fingerprint density at radius 3 is 2.60 bits per heavy atom. The van der Waals surface area contributed by atoms with Crippen LogP contribution in [0.25, 0.3) is 0 Å². The fourth-order valence-corrected chi connectivity index (χ4v) is 2.31. The van der Waals surface area contributed by atoms with Crippen molar-refractivity contribution in [1.29, 1.82) is 0 Å². The number of nitrogens with zero attached hydrogens (tertiary/aromatic N) is 2. The van der Waals surface area contributed by atoms with Crippen molar-refractivity contribution in [3.8, 4) is 0 Å². The first-order valence-corrected chi connectivity index (χ1v) is 7.55. The first-order chi connectivity index (χ1) is 9.34. The third kappa shape index (κ3) is 4.18. The molecule has 0 spiro atoms. The standard InChI is InChI=1S/C15H17BrClN3/c1-15(2,3)14-19-12(17)8-13(20-14)18-9-10-5-4-6-11(16)7-10/h4-8H,9H2,1-3H3,(H,18,19,20). The molecule has 1 N–H and O–H groups in total. The number of hydrogen-bond donors (Lipinski definition) is 1. The minimum atomic E-state index is -0.128. The summed E-state index contributed by atoms with van der Waals surface area (Å²) >= 11 is 9.53. The molecule has 3 nitrogen and oxygen atoms in total. The van der Waals surface area contributed by atoms with E-state index in [-0.39, 0.29) is 5.41 Å². The van der Waals surface area contributed by atoms with Crippen LogP contribution in [0.3, 0.4) is 0 Å². The Labute approximate surface area is 132 Å². The maximum Gasteiger partial charge on any atom is 0.137 e. The molecule has 0 radical (unpaired) electrons. The summed E-state index contributed by atoms with van der Waals surface area (Å²) in [6.07, 6.45) is 0. The van der Waals surface area contributed by atoms with Crippen LogP contribution in [0.2, 0.25) is 5.15 Å². The van der Waals surface area contributed by atoms with E-state index in [0.29, 0.717) is 11.7 Å². The molecular weight excluding hydrogens is 338 g/mol. The van der Waals surface area contributed by atoms with Gasteiger partial charge < -0.3 is 5.32 Å². The van der Waals surface area contributed by atoms with Crippen LogP contribution >= 0.6 is 27.5 Å². The Kier molecular flexibility index (Phi) is 4.66. The highest BCUT2D eigenvalue weighted by atomic mass is 79.9. The topological polar surface area (TPSA) is 37.8 Å². The smallest absolute Gasteiger partial charge is 0.137 e. The van der Waals surface area contributed by atoms with E-state index in [4.69, 9.17) is 11.6 Å². The van der Waals surface area contributed by atoms with Crippen LogP contribution in [0.4, 0.5) is 5.82 Å². The lowest BCUT2D eigenvalue weighted by Gasteiger charge is -2.17. The second-order valence-corrected chi connectivity index (χ2v) is 6.94. The van der Waals surface area contributed by atoms with Crippen molar-refractivity contribution < 1.29 is 0 Å². The Balaban J connectivity index is 2.16. The van der Waals surface area contributed by atoms with Gasteiger partial charge in [-0.05, 0) is 17.7 Å². The summed E-state index contributed by atoms with van der Waals surface area (Å²) in [6, 6.07) is 9.89. The maximum absolute atomic E-state index is 6.06. The van der Waals surface area contributed by atoms with Gasteiger partial charge in [0.05, 0.1) is 0 Å². The van der Waals surface area contributed by atoms with Gasteiger partial charge in [-0.2, -0.15) is 0 Å². The van der Waals surface area contributed by atoms with Gasteiger partial charge >= 0.3 is 0 Å². The molecule has 0 unspecified atom stereocenters. The van der Waals surface area contributed by atoms with Crippen molar-refractivity contribution in [3.63, 3.8) is 0 Å². The highest BCUT2D eigenvalue weighted by molar-refractivity contribution is 9.10. The number of aromatic nitrogens is 2. The SMILES string of the molecule is CC(C)(C)c1nc(Cl)cc(NCc2cccc(Br)c2)n1. The van der Waals surface area contributed by atoms with Crippen molar-refractivity contribution in [2.75, 3.05) is 5.32 Å². The van der Waals surface area contributed by atoms with E-state index < -0.39 is 0 Å². The first kappa shape index (κ1) is 15.3. The van der Waals surface area contributed by atoms with Gasteiger partial charge in [0.25, 0.3) is 0 Å². The molecule has 0 aliphatic carbocycles. The van der Waals surface area contributed by atoms with Gasteiger partial charge in [-0.15, -0.1) is 0 Å². The molecule has 0 aliphatic rings. The maximum atomic E-state index is 6.06. The average molecular weight is 355 g/mol. The van der Waals surface area contributed by atoms with Gasteiger partial charge in [0.2, 0.25) is 0 Å². The van der Waals surface area contributed by atoms with Gasteiger partial charge in [0.15, 0.2) is 0 Å². The highest BCUT2D eigenvalue weighted by Gasteiger charge is 2.18. The molecule has 0 aliphatic heterocycles. The Morgan fingerprint density at radius 1 is 1.20 bits per heavy atom. The third-order valence-electron chi connectivity index (χ3n) is 2.73. The molecule has 5 heteroatoms. The minimum absolute atomic E-state index is 0.128. The zero-order valence-electron chi connectivity index (χ0n) is 11.7. The average Bonchev–Trinajstić information content (AvgIpc) is 2.35. The summed E-state index contributed by atoms with van der Waals surface area (Å²) in [5, 5.41) is 3.74. The van der Waals surface area contributed by atoms with Crippen LogP contribution < -0.4 is 5.32 Å². The third-order valence-corrected chi connectivity index (χ3v) is 3.42. The molecule has 0 amide bonds. The van der Waals surface area contributed by atoms with Gasteiger partial charge in [0, 0.05) is 22.5 Å². The van der Waals surface area contributed by atoms with Gasteiger partial charge in [-0.3, -0.25) is 0 Å². The summed E-state index contributed by atoms with van der Waals surface area (Å²) in [4.78, 5) is 8.80. The molecule has 1 aromatic carbocycles. The van der Waals surface area contributed by atoms with Gasteiger partial charge in [0.1, 0.15) is 16.8 Å². The van der Waals surface area contributed by atoms with Crippen LogP contribution in [0.15, 0.2) is 34.8 Å². The molecule has 0 saturated carbocycles. The van der Waals surface area contributed by atoms with Crippen LogP contribution in [-0.2, 0) is 12.0 Å². The van der Waals surface area contributed by atoms with E-state index in [9.17, 15) is 0 Å². The van der Waals surface area contributed by atoms with Gasteiger partial charge in [-0.1, -0.05) is 60.4 Å². The lowest BCUT2D eigenvalue weighted by molar-refractivity contribution is 0.546. The number of hydrogen-bond acceptors (Lipinski definition) is 3. The number of rotatable bonds is 3. The van der Waals surface area contributed by atoms with E-state index in [1.165, 1.54) is 5.56 Å². The monoisotopic (exact) mass is 353 g/mol. The van der Waals surface area contributed by atoms with E-state index in [1.54, 1.807) is 6.07 Å². The Hall–Kier alpha value is -1.13. The number of anilines is 1. The van der Waals surface area contributed by atoms with E-state index in [1.807, 2.05) is 12.1 Å². The zero-order chi connectivity index (χ0) is 14.8. The predicted octanol–water partition coefficient (Wildman–Crippen LogP) is 4.80. The van der Waals surface area contributed by atoms with Crippen LogP contribution in [0.1, 0.15) is 32.2 Å². The van der Waals surface area contributed by atoms with Crippen molar-refractivity contribution in [3.05, 3.63) is 51.3 Å². The quantitative estimate of drug-likeness (QED) is 0.804. The molecule has 20 heavy (non-hydrogen) atoms. The summed E-state index contributed by atoms with van der Waals surface area (Å²) in [7, 11) is 0. The van der Waals surface area contributed by atoms with E-state index >= 15 is 0 Å². The second kappa shape index (κ2) is 6.10. The van der Waals surface area contributed by atoms with Crippen molar-refractivity contribution in [2.45, 2.75) is 32.7 Å². The summed E-state index contributed by atoms with van der Waals surface area (Å²) in [5.41, 5.74) is 1.04. The van der Waals surface area contributed by atoms with Crippen LogP contribution in [0, 0.1) is 0 Å².